The van der Waals surface area contributed by atoms with Gasteiger partial charge in [-0.3, -0.25) is 0 Å². The second-order valence-corrected chi connectivity index (χ2v) is 6.40. The Balaban J connectivity index is 1.89. The highest BCUT2D eigenvalue weighted by Crippen LogP contribution is 2.33. The van der Waals surface area contributed by atoms with Gasteiger partial charge in [0.15, 0.2) is 11.5 Å². The number of aromatic nitrogens is 2. The second-order valence-electron chi connectivity index (χ2n) is 6.40. The van der Waals surface area contributed by atoms with E-state index >= 15 is 0 Å². The summed E-state index contributed by atoms with van der Waals surface area (Å²) in [6.07, 6.45) is 7.62. The third-order valence-corrected chi connectivity index (χ3v) is 4.58. The number of methoxy groups -OCH3 is 2. The summed E-state index contributed by atoms with van der Waals surface area (Å²) in [5.74, 6) is 2.20. The van der Waals surface area contributed by atoms with Crippen molar-refractivity contribution < 1.29 is 14.2 Å². The maximum absolute atomic E-state index is 5.53. The highest BCUT2D eigenvalue weighted by Gasteiger charge is 2.09. The molecule has 0 radical (unpaired) electrons. The fourth-order valence-corrected chi connectivity index (χ4v) is 3.03. The summed E-state index contributed by atoms with van der Waals surface area (Å²) in [5.41, 5.74) is 4.59. The van der Waals surface area contributed by atoms with Crippen LogP contribution >= 0.6 is 0 Å². The highest BCUT2D eigenvalue weighted by molar-refractivity contribution is 5.87. The lowest BCUT2D eigenvalue weighted by Crippen LogP contribution is -1.91. The summed E-state index contributed by atoms with van der Waals surface area (Å²) < 4.78 is 16.3. The Morgan fingerprint density at radius 3 is 2.55 bits per heavy atom. The van der Waals surface area contributed by atoms with Crippen LogP contribution < -0.4 is 9.47 Å². The van der Waals surface area contributed by atoms with E-state index < -0.39 is 0 Å². The molecule has 2 aromatic heterocycles. The van der Waals surface area contributed by atoms with Crippen LogP contribution in [0, 0.1) is 0 Å². The van der Waals surface area contributed by atoms with Gasteiger partial charge in [0.2, 0.25) is 0 Å². The number of ether oxygens (including phenoxy) is 3. The molecule has 0 saturated carbocycles. The minimum Gasteiger partial charge on any atom is -0.494 e. The predicted octanol–water partition coefficient (Wildman–Crippen LogP) is 5.76. The molecular weight excluding hydrogens is 364 g/mol. The van der Waals surface area contributed by atoms with Gasteiger partial charge in [0, 0.05) is 22.8 Å². The van der Waals surface area contributed by atoms with Gasteiger partial charge < -0.3 is 19.2 Å². The van der Waals surface area contributed by atoms with Crippen LogP contribution in [0.15, 0.2) is 67.1 Å². The van der Waals surface area contributed by atoms with Crippen LogP contribution in [0.4, 0.5) is 0 Å². The van der Waals surface area contributed by atoms with Crippen LogP contribution in [-0.2, 0) is 4.74 Å². The molecule has 1 aromatic carbocycles. The number of hydrogen-bond donors (Lipinski definition) is 1. The first kappa shape index (κ1) is 20.3. The molecule has 0 saturated heterocycles. The Morgan fingerprint density at radius 1 is 1.07 bits per heavy atom. The molecule has 0 aliphatic heterocycles. The molecule has 0 spiro atoms. The number of fused-ring (bicyclic) bond motifs is 1. The zero-order valence-electron chi connectivity index (χ0n) is 17.3. The molecule has 150 valence electrons. The highest BCUT2D eigenvalue weighted by atomic mass is 16.5. The molecule has 3 aromatic rings. The predicted molar refractivity (Wildman–Crippen MR) is 118 cm³/mol. The average Bonchev–Trinajstić information content (AvgIpc) is 3.19. The lowest BCUT2D eigenvalue weighted by Gasteiger charge is -2.09. The summed E-state index contributed by atoms with van der Waals surface area (Å²) in [4.78, 5) is 7.89. The first-order chi connectivity index (χ1) is 14.1. The van der Waals surface area contributed by atoms with Crippen LogP contribution in [0.2, 0.25) is 0 Å². The maximum Gasteiger partial charge on any atom is 0.161 e. The van der Waals surface area contributed by atoms with Crippen LogP contribution in [-0.4, -0.2) is 30.8 Å². The van der Waals surface area contributed by atoms with E-state index in [1.165, 1.54) is 0 Å². The Hall–Kier alpha value is -3.47. The first-order valence-corrected chi connectivity index (χ1v) is 9.47. The molecule has 2 heterocycles. The fourth-order valence-electron chi connectivity index (χ4n) is 3.03. The molecule has 1 N–H and O–H groups in total. The SMILES string of the molecule is C=C(/C=C\C(=C/C)OCC)c1cc2cc(-c3ccc(OC)c(OC)c3)cnc2[nH]1. The van der Waals surface area contributed by atoms with Crippen molar-refractivity contribution in [2.45, 2.75) is 13.8 Å². The monoisotopic (exact) mass is 390 g/mol. The van der Waals surface area contributed by atoms with E-state index in [2.05, 4.69) is 28.7 Å². The minimum absolute atomic E-state index is 0.631. The van der Waals surface area contributed by atoms with Gasteiger partial charge in [-0.15, -0.1) is 0 Å². The molecule has 0 bridgehead atoms. The van der Waals surface area contributed by atoms with Crippen molar-refractivity contribution in [2.75, 3.05) is 20.8 Å². The molecule has 3 rings (SSSR count). The van der Waals surface area contributed by atoms with Gasteiger partial charge in [-0.1, -0.05) is 12.6 Å². The van der Waals surface area contributed by atoms with Gasteiger partial charge in [0.1, 0.15) is 11.4 Å². The van der Waals surface area contributed by atoms with Crippen molar-refractivity contribution in [1.82, 2.24) is 9.97 Å². The molecule has 5 nitrogen and oxygen atoms in total. The number of aromatic amines is 1. The smallest absolute Gasteiger partial charge is 0.161 e. The molecule has 0 atom stereocenters. The van der Waals surface area contributed by atoms with Crippen LogP contribution in [0.5, 0.6) is 11.5 Å². The summed E-state index contributed by atoms with van der Waals surface area (Å²) in [6, 6.07) is 9.98. The van der Waals surface area contributed by atoms with Crippen molar-refractivity contribution in [1.29, 1.82) is 0 Å². The van der Waals surface area contributed by atoms with Gasteiger partial charge in [-0.25, -0.2) is 4.98 Å². The average molecular weight is 390 g/mol. The number of nitrogens with zero attached hydrogens (tertiary/aromatic N) is 1. The summed E-state index contributed by atoms with van der Waals surface area (Å²) >= 11 is 0. The molecule has 0 unspecified atom stereocenters. The van der Waals surface area contributed by atoms with Crippen LogP contribution in [0.1, 0.15) is 19.5 Å². The third kappa shape index (κ3) is 4.51. The van der Waals surface area contributed by atoms with E-state index in [4.69, 9.17) is 14.2 Å². The number of hydrogen-bond acceptors (Lipinski definition) is 4. The van der Waals surface area contributed by atoms with Crippen LogP contribution in [0.3, 0.4) is 0 Å². The summed E-state index contributed by atoms with van der Waals surface area (Å²) in [7, 11) is 3.26. The molecule has 0 fully saturated rings. The molecular formula is C24H26N2O3. The van der Waals surface area contributed by atoms with E-state index in [1.807, 2.05) is 56.5 Å². The third-order valence-electron chi connectivity index (χ3n) is 4.58. The van der Waals surface area contributed by atoms with Crippen molar-refractivity contribution >= 4 is 16.6 Å². The van der Waals surface area contributed by atoms with Crippen molar-refractivity contribution in [3.05, 3.63) is 72.8 Å². The van der Waals surface area contributed by atoms with Crippen molar-refractivity contribution in [3.8, 4) is 22.6 Å². The normalized spacial score (nSPS) is 11.8. The Morgan fingerprint density at radius 2 is 1.86 bits per heavy atom. The Kier molecular flexibility index (Phi) is 6.39. The largest absolute Gasteiger partial charge is 0.494 e. The van der Waals surface area contributed by atoms with Gasteiger partial charge in [0.25, 0.3) is 0 Å². The number of allylic oxidation sites excluding steroid dienone is 4. The van der Waals surface area contributed by atoms with Crippen molar-refractivity contribution in [3.63, 3.8) is 0 Å². The Bertz CT molecular complexity index is 1080. The van der Waals surface area contributed by atoms with Gasteiger partial charge >= 0.3 is 0 Å². The molecule has 0 aliphatic carbocycles. The molecule has 5 heteroatoms. The topological polar surface area (TPSA) is 56.4 Å². The quantitative estimate of drug-likeness (QED) is 0.393. The van der Waals surface area contributed by atoms with Crippen molar-refractivity contribution in [2.24, 2.45) is 0 Å². The van der Waals surface area contributed by atoms with Crippen LogP contribution in [0.25, 0.3) is 27.7 Å². The maximum atomic E-state index is 5.53. The van der Waals surface area contributed by atoms with E-state index in [0.29, 0.717) is 18.1 Å². The lowest BCUT2D eigenvalue weighted by molar-refractivity contribution is 0.242. The number of benzene rings is 1. The van der Waals surface area contributed by atoms with E-state index in [9.17, 15) is 0 Å². The number of pyridine rings is 1. The van der Waals surface area contributed by atoms with E-state index in [1.54, 1.807) is 14.2 Å². The summed E-state index contributed by atoms with van der Waals surface area (Å²) in [5, 5.41) is 1.01. The molecule has 0 amide bonds. The van der Waals surface area contributed by atoms with Gasteiger partial charge in [0.05, 0.1) is 20.8 Å². The first-order valence-electron chi connectivity index (χ1n) is 9.47. The van der Waals surface area contributed by atoms with E-state index in [0.717, 1.165) is 39.2 Å². The number of nitrogens with one attached hydrogen (secondary N) is 1. The minimum atomic E-state index is 0.631. The Labute approximate surface area is 171 Å². The fraction of sp³-hybridized carbons (Fsp3) is 0.208. The van der Waals surface area contributed by atoms with Gasteiger partial charge in [-0.2, -0.15) is 0 Å². The van der Waals surface area contributed by atoms with E-state index in [-0.39, 0.29) is 0 Å². The standard InChI is InChI=1S/C24H26N2O3/c1-6-20(29-7-2)10-8-16(3)21-13-18-12-19(15-25-24(18)26-21)17-9-11-22(27-4)23(14-17)28-5/h6,8-15H,3,7H2,1-2,4-5H3,(H,25,26)/b10-8-,20-6+. The molecule has 0 aliphatic rings. The summed E-state index contributed by atoms with van der Waals surface area (Å²) in [6.45, 7) is 8.69. The number of rotatable bonds is 8. The van der Waals surface area contributed by atoms with Gasteiger partial charge in [-0.05, 0) is 67.5 Å². The zero-order valence-corrected chi connectivity index (χ0v) is 17.3. The molecule has 29 heavy (non-hydrogen) atoms. The number of H-pyrrole nitrogens is 1. The lowest BCUT2D eigenvalue weighted by atomic mass is 10.1. The second kappa shape index (κ2) is 9.15. The zero-order chi connectivity index (χ0) is 20.8.